The number of thiocarbonyl (C=S) groups is 1. The molecule has 1 aromatic carbocycles. The smallest absolute Gasteiger partial charge is 0.265 e. The van der Waals surface area contributed by atoms with Crippen molar-refractivity contribution in [2.75, 3.05) is 27.3 Å². The number of likely N-dealkylation sites (N-methyl/N-ethyl adjacent to an activating group) is 1. The summed E-state index contributed by atoms with van der Waals surface area (Å²) in [6.45, 7) is 0.964. The van der Waals surface area contributed by atoms with Crippen LogP contribution in [0, 0.1) is 0 Å². The molecular formula is C19H20N4O4S. The Morgan fingerprint density at radius 3 is 2.82 bits per heavy atom. The van der Waals surface area contributed by atoms with Gasteiger partial charge in [-0.25, -0.2) is 0 Å². The molecule has 0 atom stereocenters. The van der Waals surface area contributed by atoms with Crippen LogP contribution in [0.1, 0.15) is 5.56 Å². The van der Waals surface area contributed by atoms with E-state index >= 15 is 0 Å². The minimum absolute atomic E-state index is 0.0106. The zero-order valence-corrected chi connectivity index (χ0v) is 16.3. The van der Waals surface area contributed by atoms with Gasteiger partial charge in [-0.2, -0.15) is 0 Å². The molecule has 1 aliphatic heterocycles. The van der Waals surface area contributed by atoms with E-state index in [4.69, 9.17) is 17.0 Å². The number of hydrogen-bond donors (Lipinski definition) is 2. The van der Waals surface area contributed by atoms with Crippen molar-refractivity contribution in [3.8, 4) is 0 Å². The van der Waals surface area contributed by atoms with E-state index in [2.05, 4.69) is 10.6 Å². The lowest BCUT2D eigenvalue weighted by Crippen LogP contribution is -2.52. The third-order valence-electron chi connectivity index (χ3n) is 4.37. The predicted molar refractivity (Wildman–Crippen MR) is 108 cm³/mol. The molecule has 1 fully saturated rings. The first-order valence-corrected chi connectivity index (χ1v) is 9.01. The molecule has 146 valence electrons. The van der Waals surface area contributed by atoms with Gasteiger partial charge in [-0.3, -0.25) is 24.6 Å². The number of benzene rings is 1. The standard InChI is InChI=1S/C19H20N4O4S/c1-22-18(26)14(17(25)21-19(22)28)9-12-10-23(11-16(24)20-7-8-27-2)15-6-4-3-5-13(12)15/h3-6,9-10H,7-8,11H2,1-2H3,(H,20,24)(H,21,25,28)/b14-9-. The molecule has 2 heterocycles. The molecule has 0 aliphatic carbocycles. The molecule has 0 bridgehead atoms. The van der Waals surface area contributed by atoms with Crippen LogP contribution in [0.15, 0.2) is 36.0 Å². The molecule has 2 N–H and O–H groups in total. The summed E-state index contributed by atoms with van der Waals surface area (Å²) < 4.78 is 6.71. The van der Waals surface area contributed by atoms with Crippen molar-refractivity contribution >= 4 is 52.0 Å². The zero-order valence-electron chi connectivity index (χ0n) is 15.5. The van der Waals surface area contributed by atoms with Crippen LogP contribution < -0.4 is 10.6 Å². The number of amides is 3. The summed E-state index contributed by atoms with van der Waals surface area (Å²) in [5, 5.41) is 6.17. The van der Waals surface area contributed by atoms with E-state index in [0.717, 1.165) is 10.9 Å². The maximum Gasteiger partial charge on any atom is 0.265 e. The van der Waals surface area contributed by atoms with E-state index in [-0.39, 0.29) is 23.1 Å². The lowest BCUT2D eigenvalue weighted by atomic mass is 10.1. The van der Waals surface area contributed by atoms with E-state index in [0.29, 0.717) is 18.7 Å². The third-order valence-corrected chi connectivity index (χ3v) is 4.74. The molecule has 8 nitrogen and oxygen atoms in total. The van der Waals surface area contributed by atoms with Crippen LogP contribution in [0.4, 0.5) is 0 Å². The highest BCUT2D eigenvalue weighted by Gasteiger charge is 2.31. The van der Waals surface area contributed by atoms with E-state index in [1.54, 1.807) is 17.9 Å². The Kier molecular flexibility index (Phi) is 5.86. The number of nitrogens with zero attached hydrogens (tertiary/aromatic N) is 2. The van der Waals surface area contributed by atoms with E-state index < -0.39 is 11.8 Å². The molecule has 3 rings (SSSR count). The van der Waals surface area contributed by atoms with Crippen LogP contribution in [0.2, 0.25) is 0 Å². The van der Waals surface area contributed by atoms with Gasteiger partial charge < -0.3 is 14.6 Å². The molecule has 28 heavy (non-hydrogen) atoms. The number of fused-ring (bicyclic) bond motifs is 1. The fraction of sp³-hybridized carbons (Fsp3) is 0.263. The van der Waals surface area contributed by atoms with Gasteiger partial charge in [0.15, 0.2) is 5.11 Å². The predicted octanol–water partition coefficient (Wildman–Crippen LogP) is 0.660. The maximum absolute atomic E-state index is 12.4. The van der Waals surface area contributed by atoms with E-state index in [1.807, 2.05) is 24.3 Å². The average molecular weight is 400 g/mol. The van der Waals surface area contributed by atoms with Gasteiger partial charge in [0.25, 0.3) is 11.8 Å². The first-order valence-electron chi connectivity index (χ1n) is 8.61. The summed E-state index contributed by atoms with van der Waals surface area (Å²) in [7, 11) is 3.07. The molecule has 3 amide bonds. The number of carbonyl (C=O) groups excluding carboxylic acids is 3. The molecule has 2 aromatic rings. The van der Waals surface area contributed by atoms with Crippen molar-refractivity contribution in [1.29, 1.82) is 0 Å². The Bertz CT molecular complexity index is 995. The van der Waals surface area contributed by atoms with Gasteiger partial charge in [0.1, 0.15) is 12.1 Å². The average Bonchev–Trinajstić information content (AvgIpc) is 3.01. The first kappa shape index (κ1) is 19.7. The normalized spacial score (nSPS) is 16.0. The number of methoxy groups -OCH3 is 1. The van der Waals surface area contributed by atoms with Crippen molar-refractivity contribution in [2.24, 2.45) is 0 Å². The van der Waals surface area contributed by atoms with Crippen LogP contribution in [-0.2, 0) is 25.7 Å². The minimum atomic E-state index is -0.540. The number of rotatable bonds is 6. The summed E-state index contributed by atoms with van der Waals surface area (Å²) in [5.74, 6) is -1.17. The fourth-order valence-electron chi connectivity index (χ4n) is 2.93. The van der Waals surface area contributed by atoms with Crippen molar-refractivity contribution in [1.82, 2.24) is 20.1 Å². The van der Waals surface area contributed by atoms with Crippen molar-refractivity contribution in [3.05, 3.63) is 41.6 Å². The van der Waals surface area contributed by atoms with Crippen molar-refractivity contribution < 1.29 is 19.1 Å². The van der Waals surface area contributed by atoms with Crippen LogP contribution in [0.25, 0.3) is 17.0 Å². The lowest BCUT2D eigenvalue weighted by molar-refractivity contribution is -0.128. The van der Waals surface area contributed by atoms with Gasteiger partial charge in [0, 0.05) is 43.4 Å². The Morgan fingerprint density at radius 2 is 2.07 bits per heavy atom. The Hall–Kier alpha value is -3.04. The van der Waals surface area contributed by atoms with Gasteiger partial charge in [0.2, 0.25) is 5.91 Å². The second kappa shape index (κ2) is 8.32. The topological polar surface area (TPSA) is 92.7 Å². The highest BCUT2D eigenvalue weighted by molar-refractivity contribution is 7.80. The molecule has 0 unspecified atom stereocenters. The second-order valence-electron chi connectivity index (χ2n) is 6.25. The number of hydrogen-bond acceptors (Lipinski definition) is 5. The van der Waals surface area contributed by atoms with Crippen molar-refractivity contribution in [3.63, 3.8) is 0 Å². The lowest BCUT2D eigenvalue weighted by Gasteiger charge is -2.24. The highest BCUT2D eigenvalue weighted by Crippen LogP contribution is 2.24. The van der Waals surface area contributed by atoms with E-state index in [9.17, 15) is 14.4 Å². The summed E-state index contributed by atoms with van der Waals surface area (Å²) in [6.07, 6.45) is 3.28. The molecule has 0 radical (unpaired) electrons. The largest absolute Gasteiger partial charge is 0.383 e. The second-order valence-corrected chi connectivity index (χ2v) is 6.64. The quantitative estimate of drug-likeness (QED) is 0.322. The third kappa shape index (κ3) is 3.95. The summed E-state index contributed by atoms with van der Waals surface area (Å²) >= 11 is 4.96. The monoisotopic (exact) mass is 400 g/mol. The van der Waals surface area contributed by atoms with Gasteiger partial charge in [0.05, 0.1) is 6.61 Å². The fourth-order valence-corrected chi connectivity index (χ4v) is 3.10. The van der Waals surface area contributed by atoms with Gasteiger partial charge >= 0.3 is 0 Å². The molecule has 0 saturated carbocycles. The number of nitrogens with one attached hydrogen (secondary N) is 2. The summed E-state index contributed by atoms with van der Waals surface area (Å²) in [4.78, 5) is 38.1. The number of para-hydroxylation sites is 1. The molecule has 0 spiro atoms. The zero-order chi connectivity index (χ0) is 20.3. The molecule has 1 aromatic heterocycles. The van der Waals surface area contributed by atoms with Crippen LogP contribution in [0.3, 0.4) is 0 Å². The van der Waals surface area contributed by atoms with Crippen molar-refractivity contribution in [2.45, 2.75) is 6.54 Å². The van der Waals surface area contributed by atoms with Gasteiger partial charge in [-0.1, -0.05) is 18.2 Å². The summed E-state index contributed by atoms with van der Waals surface area (Å²) in [6, 6.07) is 7.48. The summed E-state index contributed by atoms with van der Waals surface area (Å²) in [5.41, 5.74) is 1.48. The van der Waals surface area contributed by atoms with Crippen LogP contribution in [0.5, 0.6) is 0 Å². The Morgan fingerprint density at radius 1 is 1.32 bits per heavy atom. The maximum atomic E-state index is 12.4. The molecular weight excluding hydrogens is 380 g/mol. The molecule has 1 saturated heterocycles. The van der Waals surface area contributed by atoms with Gasteiger partial charge in [-0.15, -0.1) is 0 Å². The molecule has 1 aliphatic rings. The van der Waals surface area contributed by atoms with Crippen LogP contribution >= 0.6 is 12.2 Å². The number of carbonyl (C=O) groups is 3. The first-order chi connectivity index (χ1) is 13.4. The molecule has 9 heteroatoms. The Balaban J connectivity index is 1.94. The SMILES string of the molecule is COCCNC(=O)Cn1cc(/C=C2/C(=O)NC(=S)N(C)C2=O)c2ccccc21. The number of aromatic nitrogens is 1. The Labute approximate surface area is 167 Å². The number of ether oxygens (including phenoxy) is 1. The minimum Gasteiger partial charge on any atom is -0.383 e. The highest BCUT2D eigenvalue weighted by atomic mass is 32.1. The van der Waals surface area contributed by atoms with Gasteiger partial charge in [-0.05, 0) is 24.4 Å². The van der Waals surface area contributed by atoms with E-state index in [1.165, 1.54) is 18.0 Å². The van der Waals surface area contributed by atoms with Crippen LogP contribution in [-0.4, -0.2) is 59.6 Å².